The lowest BCUT2D eigenvalue weighted by Crippen LogP contribution is -2.44. The second-order valence-corrected chi connectivity index (χ2v) is 8.88. The molecule has 1 amide bonds. The van der Waals surface area contributed by atoms with Gasteiger partial charge in [0.2, 0.25) is 0 Å². The van der Waals surface area contributed by atoms with Gasteiger partial charge < -0.3 is 10.0 Å². The highest BCUT2D eigenvalue weighted by molar-refractivity contribution is 5.95. The van der Waals surface area contributed by atoms with Gasteiger partial charge in [-0.25, -0.2) is 0 Å². The molecule has 2 aliphatic carbocycles. The van der Waals surface area contributed by atoms with Gasteiger partial charge in [0, 0.05) is 30.0 Å². The fraction of sp³-hybridized carbons (Fsp3) is 0.500. The Kier molecular flexibility index (Phi) is 5.81. The Bertz CT molecular complexity index is 901. The van der Waals surface area contributed by atoms with Crippen molar-refractivity contribution < 1.29 is 23.1 Å². The van der Waals surface area contributed by atoms with Crippen molar-refractivity contribution in [2.45, 2.75) is 75.2 Å². The molecule has 2 fully saturated rings. The molecule has 4 nitrogen and oxygen atoms in total. The molecule has 1 atom stereocenters. The number of aromatic nitrogens is 1. The fourth-order valence-electron chi connectivity index (χ4n) is 4.54. The molecule has 0 bridgehead atoms. The number of alkyl halides is 3. The van der Waals surface area contributed by atoms with E-state index in [4.69, 9.17) is 0 Å². The second kappa shape index (κ2) is 8.26. The number of rotatable bonds is 5. The second-order valence-electron chi connectivity index (χ2n) is 8.88. The molecule has 2 aliphatic rings. The number of carbonyl (C=O) groups is 1. The van der Waals surface area contributed by atoms with Crippen molar-refractivity contribution in [1.29, 1.82) is 0 Å². The van der Waals surface area contributed by atoms with E-state index < -0.39 is 11.8 Å². The molecule has 0 aliphatic heterocycles. The number of amides is 1. The summed E-state index contributed by atoms with van der Waals surface area (Å²) >= 11 is 0. The van der Waals surface area contributed by atoms with E-state index in [1.165, 1.54) is 29.8 Å². The largest absolute Gasteiger partial charge is 0.421 e. The molecule has 31 heavy (non-hydrogen) atoms. The molecule has 1 aromatic carbocycles. The SMILES string of the molecule is CC(O)(c1ccc(C(=O)N(C2CC2)[C@H]2CC[C@H](c3cccnc3)CC2)cc1)C(F)(F)F. The van der Waals surface area contributed by atoms with E-state index >= 15 is 0 Å². The summed E-state index contributed by atoms with van der Waals surface area (Å²) in [5.74, 6) is 0.315. The Balaban J connectivity index is 1.46. The van der Waals surface area contributed by atoms with Crippen molar-refractivity contribution in [3.8, 4) is 0 Å². The molecule has 1 heterocycles. The van der Waals surface area contributed by atoms with E-state index in [-0.39, 0.29) is 23.6 Å². The van der Waals surface area contributed by atoms with Gasteiger partial charge in [-0.15, -0.1) is 0 Å². The van der Waals surface area contributed by atoms with Crippen LogP contribution in [0.15, 0.2) is 48.8 Å². The van der Waals surface area contributed by atoms with Crippen molar-refractivity contribution in [3.63, 3.8) is 0 Å². The maximum Gasteiger partial charge on any atom is 0.421 e. The van der Waals surface area contributed by atoms with Gasteiger partial charge in [-0.3, -0.25) is 9.78 Å². The third-order valence-electron chi connectivity index (χ3n) is 6.67. The molecule has 1 N–H and O–H groups in total. The molecule has 0 spiro atoms. The van der Waals surface area contributed by atoms with E-state index in [2.05, 4.69) is 11.1 Å². The van der Waals surface area contributed by atoms with Crippen LogP contribution in [-0.2, 0) is 5.60 Å². The minimum Gasteiger partial charge on any atom is -0.376 e. The lowest BCUT2D eigenvalue weighted by Gasteiger charge is -2.37. The molecular formula is C24H27F3N2O2. The summed E-state index contributed by atoms with van der Waals surface area (Å²) in [4.78, 5) is 19.4. The lowest BCUT2D eigenvalue weighted by atomic mass is 9.81. The first kappa shape index (κ1) is 21.8. The molecule has 0 radical (unpaired) electrons. The molecule has 7 heteroatoms. The Morgan fingerprint density at radius 3 is 2.06 bits per heavy atom. The standard InChI is InChI=1S/C24H27F3N2O2/c1-23(31,24(25,26)27)19-8-4-17(5-9-19)22(30)29(21-12-13-21)20-10-6-16(7-11-20)18-3-2-14-28-15-18/h2-5,8-9,14-16,20-21,31H,6-7,10-13H2,1H3/t16-,20-,23?. The van der Waals surface area contributed by atoms with Crippen LogP contribution in [0.1, 0.15) is 72.9 Å². The zero-order chi connectivity index (χ0) is 22.2. The van der Waals surface area contributed by atoms with Gasteiger partial charge in [0.25, 0.3) is 5.91 Å². The molecule has 1 aromatic heterocycles. The zero-order valence-corrected chi connectivity index (χ0v) is 17.5. The fourth-order valence-corrected chi connectivity index (χ4v) is 4.54. The van der Waals surface area contributed by atoms with Crippen LogP contribution in [0.25, 0.3) is 0 Å². The monoisotopic (exact) mass is 432 g/mol. The van der Waals surface area contributed by atoms with E-state index in [1.807, 2.05) is 17.2 Å². The smallest absolute Gasteiger partial charge is 0.376 e. The minimum absolute atomic E-state index is 0.134. The third-order valence-corrected chi connectivity index (χ3v) is 6.67. The summed E-state index contributed by atoms with van der Waals surface area (Å²) in [5, 5.41) is 9.86. The minimum atomic E-state index is -4.79. The average Bonchev–Trinajstić information content (AvgIpc) is 3.59. The molecule has 4 rings (SSSR count). The van der Waals surface area contributed by atoms with Gasteiger partial charge >= 0.3 is 6.18 Å². The summed E-state index contributed by atoms with van der Waals surface area (Å²) in [5.41, 5.74) is -1.62. The van der Waals surface area contributed by atoms with E-state index in [1.54, 1.807) is 6.20 Å². The maximum absolute atomic E-state index is 13.3. The summed E-state index contributed by atoms with van der Waals surface area (Å²) in [7, 11) is 0. The lowest BCUT2D eigenvalue weighted by molar-refractivity contribution is -0.258. The molecule has 2 saturated carbocycles. The number of aliphatic hydroxyl groups is 1. The Morgan fingerprint density at radius 1 is 1.00 bits per heavy atom. The van der Waals surface area contributed by atoms with Crippen LogP contribution in [0.3, 0.4) is 0 Å². The van der Waals surface area contributed by atoms with E-state index in [0.717, 1.165) is 45.4 Å². The first-order chi connectivity index (χ1) is 14.7. The molecule has 2 aromatic rings. The molecule has 0 saturated heterocycles. The van der Waals surface area contributed by atoms with Crippen molar-refractivity contribution in [2.24, 2.45) is 0 Å². The molecular weight excluding hydrogens is 405 g/mol. The van der Waals surface area contributed by atoms with Crippen LogP contribution in [0.5, 0.6) is 0 Å². The first-order valence-electron chi connectivity index (χ1n) is 10.8. The highest BCUT2D eigenvalue weighted by atomic mass is 19.4. The van der Waals surface area contributed by atoms with Crippen molar-refractivity contribution in [3.05, 3.63) is 65.5 Å². The number of pyridine rings is 1. The van der Waals surface area contributed by atoms with Gasteiger partial charge in [0.15, 0.2) is 5.60 Å². The van der Waals surface area contributed by atoms with Crippen molar-refractivity contribution >= 4 is 5.91 Å². The maximum atomic E-state index is 13.3. The van der Waals surface area contributed by atoms with Crippen LogP contribution in [0.2, 0.25) is 0 Å². The summed E-state index contributed by atoms with van der Waals surface area (Å²) < 4.78 is 39.3. The van der Waals surface area contributed by atoms with Gasteiger partial charge in [-0.2, -0.15) is 13.2 Å². The number of benzene rings is 1. The first-order valence-corrected chi connectivity index (χ1v) is 10.8. The third kappa shape index (κ3) is 4.47. The average molecular weight is 432 g/mol. The van der Waals surface area contributed by atoms with E-state index in [9.17, 15) is 23.1 Å². The highest BCUT2D eigenvalue weighted by Crippen LogP contribution is 2.40. The predicted octanol–water partition coefficient (Wildman–Crippen LogP) is 5.18. The quantitative estimate of drug-likeness (QED) is 0.708. The number of halogens is 3. The Labute approximate surface area is 180 Å². The van der Waals surface area contributed by atoms with Crippen LogP contribution >= 0.6 is 0 Å². The highest BCUT2D eigenvalue weighted by Gasteiger charge is 2.51. The number of carbonyl (C=O) groups excluding carboxylic acids is 1. The van der Waals surface area contributed by atoms with Crippen molar-refractivity contribution in [2.75, 3.05) is 0 Å². The van der Waals surface area contributed by atoms with Crippen molar-refractivity contribution in [1.82, 2.24) is 9.88 Å². The number of nitrogens with zero attached hydrogens (tertiary/aromatic N) is 2. The van der Waals surface area contributed by atoms with Gasteiger partial charge in [0.05, 0.1) is 0 Å². The van der Waals surface area contributed by atoms with Crippen LogP contribution in [0, 0.1) is 0 Å². The van der Waals surface area contributed by atoms with Crippen LogP contribution < -0.4 is 0 Å². The zero-order valence-electron chi connectivity index (χ0n) is 17.5. The van der Waals surface area contributed by atoms with E-state index in [0.29, 0.717) is 11.5 Å². The Morgan fingerprint density at radius 2 is 1.58 bits per heavy atom. The van der Waals surface area contributed by atoms with Gasteiger partial charge in [0.1, 0.15) is 0 Å². The normalized spacial score (nSPS) is 23.8. The summed E-state index contributed by atoms with van der Waals surface area (Å²) in [6.07, 6.45) is 4.61. The van der Waals surface area contributed by atoms with Gasteiger partial charge in [-0.05, 0) is 80.7 Å². The number of hydrogen-bond donors (Lipinski definition) is 1. The number of hydrogen-bond acceptors (Lipinski definition) is 3. The Hall–Kier alpha value is -2.41. The molecule has 1 unspecified atom stereocenters. The van der Waals surface area contributed by atoms with Gasteiger partial charge in [-0.1, -0.05) is 18.2 Å². The predicted molar refractivity (Wildman–Crippen MR) is 110 cm³/mol. The molecule has 166 valence electrons. The summed E-state index contributed by atoms with van der Waals surface area (Å²) in [6, 6.07) is 9.59. The topological polar surface area (TPSA) is 53.4 Å². The summed E-state index contributed by atoms with van der Waals surface area (Å²) in [6.45, 7) is 0.723. The van der Waals surface area contributed by atoms with Crippen LogP contribution in [-0.4, -0.2) is 39.2 Å². The van der Waals surface area contributed by atoms with Crippen LogP contribution in [0.4, 0.5) is 13.2 Å².